The van der Waals surface area contributed by atoms with E-state index in [2.05, 4.69) is 15.3 Å². The number of nitrogens with zero attached hydrogens (tertiary/aromatic N) is 7. The van der Waals surface area contributed by atoms with E-state index in [0.29, 0.717) is 31.2 Å². The van der Waals surface area contributed by atoms with E-state index in [0.717, 1.165) is 54.3 Å². The van der Waals surface area contributed by atoms with E-state index in [1.165, 1.54) is 0 Å². The van der Waals surface area contributed by atoms with Crippen LogP contribution in [0, 0.1) is 0 Å². The number of hydrogen-bond donors (Lipinski definition) is 0. The van der Waals surface area contributed by atoms with Crippen LogP contribution >= 0.6 is 11.8 Å². The van der Waals surface area contributed by atoms with Gasteiger partial charge in [0.2, 0.25) is 11.8 Å². The van der Waals surface area contributed by atoms with Crippen LogP contribution in [0.15, 0.2) is 40.5 Å². The van der Waals surface area contributed by atoms with Gasteiger partial charge in [0.25, 0.3) is 5.56 Å². The number of likely N-dealkylation sites (tertiary alicyclic amines) is 1. The maximum absolute atomic E-state index is 13.0. The average molecular weight is 480 g/mol. The molecule has 2 aliphatic heterocycles. The van der Waals surface area contributed by atoms with E-state index >= 15 is 0 Å². The van der Waals surface area contributed by atoms with Crippen LogP contribution < -0.4 is 10.3 Å². The summed E-state index contributed by atoms with van der Waals surface area (Å²) in [5.74, 6) is 1.92. The monoisotopic (exact) mass is 479 g/mol. The number of aryl methyl sites for hydroxylation is 1. The molecule has 0 bridgehead atoms. The highest BCUT2D eigenvalue weighted by atomic mass is 32.2. The van der Waals surface area contributed by atoms with Gasteiger partial charge in [-0.1, -0.05) is 11.8 Å². The molecule has 1 saturated heterocycles. The summed E-state index contributed by atoms with van der Waals surface area (Å²) in [6.07, 6.45) is 7.98. The molecular formula is C23H25N7O3S. The molecule has 1 aliphatic carbocycles. The highest BCUT2D eigenvalue weighted by Gasteiger charge is 2.33. The van der Waals surface area contributed by atoms with Gasteiger partial charge in [0.15, 0.2) is 11.0 Å². The molecule has 176 valence electrons. The fourth-order valence-corrected chi connectivity index (χ4v) is 6.08. The van der Waals surface area contributed by atoms with Crippen molar-refractivity contribution in [2.24, 2.45) is 0 Å². The summed E-state index contributed by atoms with van der Waals surface area (Å²) in [6.45, 7) is 1.26. The standard InChI is InChI=1S/C23H25N7O3S/c31-21(13-15-14-34-23-25-18-4-1-3-17(18)22(32)30(15)23)28-11-7-16(8-12-28)33-20-6-5-19(26-27-20)29-10-2-9-24-29/h2,5-6,9-10,15-16H,1,3-4,7-8,11-14H2. The molecule has 5 heterocycles. The molecule has 1 atom stereocenters. The second-order valence-corrected chi connectivity index (χ2v) is 9.88. The molecule has 3 aromatic heterocycles. The Morgan fingerprint density at radius 1 is 1.18 bits per heavy atom. The van der Waals surface area contributed by atoms with Gasteiger partial charge in [-0.15, -0.1) is 10.2 Å². The first-order chi connectivity index (χ1) is 16.7. The fourth-order valence-electron chi connectivity index (χ4n) is 4.93. The van der Waals surface area contributed by atoms with Gasteiger partial charge < -0.3 is 9.64 Å². The molecular weight excluding hydrogens is 454 g/mol. The second kappa shape index (κ2) is 8.86. The average Bonchev–Trinajstić information content (AvgIpc) is 3.62. The zero-order valence-electron chi connectivity index (χ0n) is 18.7. The fraction of sp³-hybridized carbons (Fsp3) is 0.478. The highest BCUT2D eigenvalue weighted by molar-refractivity contribution is 7.99. The second-order valence-electron chi connectivity index (χ2n) is 8.90. The number of carbonyl (C=O) groups excluding carboxylic acids is 1. The first kappa shape index (κ1) is 21.3. The van der Waals surface area contributed by atoms with Gasteiger partial charge in [-0.3, -0.25) is 14.2 Å². The summed E-state index contributed by atoms with van der Waals surface area (Å²) in [6, 6.07) is 5.32. The predicted molar refractivity (Wildman–Crippen MR) is 124 cm³/mol. The summed E-state index contributed by atoms with van der Waals surface area (Å²) in [5, 5.41) is 13.2. The normalized spacial score (nSPS) is 19.8. The number of fused-ring (bicyclic) bond motifs is 2. The zero-order valence-corrected chi connectivity index (χ0v) is 19.5. The Balaban J connectivity index is 1.04. The topological polar surface area (TPSA) is 108 Å². The van der Waals surface area contributed by atoms with Crippen molar-refractivity contribution in [1.82, 2.24) is 34.4 Å². The lowest BCUT2D eigenvalue weighted by molar-refractivity contribution is -0.133. The third-order valence-corrected chi connectivity index (χ3v) is 7.83. The summed E-state index contributed by atoms with van der Waals surface area (Å²) in [4.78, 5) is 32.6. The summed E-state index contributed by atoms with van der Waals surface area (Å²) < 4.78 is 9.41. The van der Waals surface area contributed by atoms with Gasteiger partial charge in [0.05, 0.1) is 11.7 Å². The molecule has 0 spiro atoms. The van der Waals surface area contributed by atoms with Gasteiger partial charge in [0, 0.05) is 62.1 Å². The SMILES string of the molecule is O=C(CC1CSc2nc3c(c(=O)n21)CCC3)N1CCC(Oc2ccc(-n3cccn3)nn2)CC1. The summed E-state index contributed by atoms with van der Waals surface area (Å²) >= 11 is 1.59. The number of amides is 1. The summed E-state index contributed by atoms with van der Waals surface area (Å²) in [5.41, 5.74) is 1.87. The van der Waals surface area contributed by atoms with Gasteiger partial charge in [-0.25, -0.2) is 9.67 Å². The third kappa shape index (κ3) is 3.97. The Hall–Kier alpha value is -3.21. The molecule has 6 rings (SSSR count). The van der Waals surface area contributed by atoms with Crippen LogP contribution in [0.4, 0.5) is 0 Å². The maximum atomic E-state index is 13.0. The molecule has 0 aromatic carbocycles. The van der Waals surface area contributed by atoms with Crippen molar-refractivity contribution in [3.05, 3.63) is 52.2 Å². The molecule has 1 unspecified atom stereocenters. The molecule has 0 radical (unpaired) electrons. The molecule has 10 nitrogen and oxygen atoms in total. The Kier molecular flexibility index (Phi) is 5.56. The molecule has 0 saturated carbocycles. The Bertz CT molecular complexity index is 1250. The number of rotatable bonds is 5. The molecule has 34 heavy (non-hydrogen) atoms. The number of thioether (sulfide) groups is 1. The van der Waals surface area contributed by atoms with Crippen molar-refractivity contribution >= 4 is 17.7 Å². The van der Waals surface area contributed by atoms with Crippen molar-refractivity contribution in [1.29, 1.82) is 0 Å². The van der Waals surface area contributed by atoms with Gasteiger partial charge in [0.1, 0.15) is 6.10 Å². The zero-order chi connectivity index (χ0) is 23.1. The van der Waals surface area contributed by atoms with Gasteiger partial charge in [-0.2, -0.15) is 5.10 Å². The van der Waals surface area contributed by atoms with Crippen LogP contribution in [0.1, 0.15) is 43.0 Å². The first-order valence-electron chi connectivity index (χ1n) is 11.7. The largest absolute Gasteiger partial charge is 0.473 e. The van der Waals surface area contributed by atoms with Crippen LogP contribution in [-0.4, -0.2) is 65.3 Å². The molecule has 1 amide bonds. The lowest BCUT2D eigenvalue weighted by Gasteiger charge is -2.32. The molecule has 0 N–H and O–H groups in total. The Morgan fingerprint density at radius 3 is 2.82 bits per heavy atom. The van der Waals surface area contributed by atoms with E-state index in [9.17, 15) is 9.59 Å². The van der Waals surface area contributed by atoms with Crippen molar-refractivity contribution in [2.45, 2.75) is 55.8 Å². The molecule has 3 aromatic rings. The van der Waals surface area contributed by atoms with Crippen LogP contribution in [0.25, 0.3) is 5.82 Å². The van der Waals surface area contributed by atoms with Crippen molar-refractivity contribution < 1.29 is 9.53 Å². The van der Waals surface area contributed by atoms with Crippen LogP contribution in [0.2, 0.25) is 0 Å². The number of carbonyl (C=O) groups is 1. The predicted octanol–water partition coefficient (Wildman–Crippen LogP) is 1.81. The number of hydrogen-bond acceptors (Lipinski definition) is 8. The Labute approximate surface area is 200 Å². The maximum Gasteiger partial charge on any atom is 0.257 e. The molecule has 1 fully saturated rings. The number of ether oxygens (including phenoxy) is 1. The van der Waals surface area contributed by atoms with Gasteiger partial charge in [-0.05, 0) is 31.4 Å². The third-order valence-electron chi connectivity index (χ3n) is 6.73. The lowest BCUT2D eigenvalue weighted by Crippen LogP contribution is -2.43. The summed E-state index contributed by atoms with van der Waals surface area (Å²) in [7, 11) is 0. The number of aromatic nitrogens is 6. The quantitative estimate of drug-likeness (QED) is 0.510. The molecule has 3 aliphatic rings. The smallest absolute Gasteiger partial charge is 0.257 e. The van der Waals surface area contributed by atoms with E-state index in [4.69, 9.17) is 9.72 Å². The minimum absolute atomic E-state index is 0.00827. The van der Waals surface area contributed by atoms with Crippen molar-refractivity contribution in [2.75, 3.05) is 18.8 Å². The van der Waals surface area contributed by atoms with Crippen LogP contribution in [-0.2, 0) is 17.6 Å². The van der Waals surface area contributed by atoms with Crippen molar-refractivity contribution in [3.8, 4) is 11.7 Å². The first-order valence-corrected chi connectivity index (χ1v) is 12.7. The molecule has 11 heteroatoms. The van der Waals surface area contributed by atoms with E-state index in [1.807, 2.05) is 17.0 Å². The van der Waals surface area contributed by atoms with E-state index in [-0.39, 0.29) is 23.6 Å². The van der Waals surface area contributed by atoms with E-state index in [1.54, 1.807) is 39.5 Å². The Morgan fingerprint density at radius 2 is 2.06 bits per heavy atom. The highest BCUT2D eigenvalue weighted by Crippen LogP contribution is 2.34. The number of piperidine rings is 1. The van der Waals surface area contributed by atoms with Gasteiger partial charge >= 0.3 is 0 Å². The van der Waals surface area contributed by atoms with Crippen LogP contribution in [0.5, 0.6) is 5.88 Å². The van der Waals surface area contributed by atoms with Crippen LogP contribution in [0.3, 0.4) is 0 Å². The van der Waals surface area contributed by atoms with Crippen molar-refractivity contribution in [3.63, 3.8) is 0 Å². The van der Waals surface area contributed by atoms with E-state index < -0.39 is 0 Å². The lowest BCUT2D eigenvalue weighted by atomic mass is 10.1. The minimum Gasteiger partial charge on any atom is -0.473 e. The minimum atomic E-state index is -0.115.